The first-order valence-electron chi connectivity index (χ1n) is 13.3. The van der Waals surface area contributed by atoms with Crippen LogP contribution in [0.25, 0.3) is 0 Å². The third-order valence-corrected chi connectivity index (χ3v) is 8.66. The van der Waals surface area contributed by atoms with Crippen molar-refractivity contribution < 1.29 is 43.9 Å². The molecule has 1 aliphatic carbocycles. The highest BCUT2D eigenvalue weighted by atomic mass is 16.6. The van der Waals surface area contributed by atoms with Crippen molar-refractivity contribution in [1.29, 1.82) is 0 Å². The third kappa shape index (κ3) is 4.31. The number of aromatic hydroxyl groups is 1. The molecule has 10 nitrogen and oxygen atoms in total. The molecule has 1 spiro atoms. The number of carbonyl (C=O) groups excluding carboxylic acids is 2. The molecular formula is C30H33NO9. The van der Waals surface area contributed by atoms with Crippen LogP contribution in [0, 0.1) is 6.92 Å². The van der Waals surface area contributed by atoms with Crippen molar-refractivity contribution >= 4 is 17.9 Å². The van der Waals surface area contributed by atoms with Crippen molar-refractivity contribution in [2.45, 2.75) is 68.8 Å². The highest BCUT2D eigenvalue weighted by molar-refractivity contribution is 5.83. The number of carbonyl (C=O) groups is 3. The molecule has 2 aromatic rings. The quantitative estimate of drug-likeness (QED) is 0.439. The Labute approximate surface area is 231 Å². The summed E-state index contributed by atoms with van der Waals surface area (Å²) >= 11 is 0. The number of benzene rings is 2. The molecule has 5 rings (SSSR count). The number of likely N-dealkylation sites (tertiary alicyclic amines) is 1. The van der Waals surface area contributed by atoms with Crippen LogP contribution < -0.4 is 4.74 Å². The number of piperidine rings is 1. The van der Waals surface area contributed by atoms with E-state index in [4.69, 9.17) is 19.3 Å². The minimum Gasteiger partial charge on any atom is -0.504 e. The summed E-state index contributed by atoms with van der Waals surface area (Å²) in [5.41, 5.74) is -0.418. The van der Waals surface area contributed by atoms with Crippen molar-refractivity contribution in [3.05, 3.63) is 71.0 Å². The van der Waals surface area contributed by atoms with Crippen molar-refractivity contribution in [2.75, 3.05) is 13.6 Å². The highest BCUT2D eigenvalue weighted by Crippen LogP contribution is 2.62. The summed E-state index contributed by atoms with van der Waals surface area (Å²) in [5, 5.41) is 32.0. The number of phenols is 1. The second kappa shape index (κ2) is 10.3. The molecule has 2 aliphatic heterocycles. The Kier molecular flexibility index (Phi) is 7.09. The number of esters is 2. The number of likely N-dealkylation sites (N-methyl/N-ethyl adjacent to an activating group) is 1. The molecule has 1 saturated heterocycles. The maximum absolute atomic E-state index is 13.6. The average Bonchev–Trinajstić information content (AvgIpc) is 3.30. The molecule has 40 heavy (non-hydrogen) atoms. The molecule has 3 aliphatic rings. The Hall–Kier alpha value is -3.89. The summed E-state index contributed by atoms with van der Waals surface area (Å²) < 4.78 is 17.7. The number of aryl methyl sites for hydroxylation is 1. The van der Waals surface area contributed by atoms with Gasteiger partial charge in [-0.2, -0.15) is 0 Å². The first-order valence-corrected chi connectivity index (χ1v) is 13.3. The summed E-state index contributed by atoms with van der Waals surface area (Å²) in [4.78, 5) is 39.0. The van der Waals surface area contributed by atoms with Gasteiger partial charge in [0.05, 0.1) is 23.9 Å². The summed E-state index contributed by atoms with van der Waals surface area (Å²) in [6.45, 7) is 4.47. The van der Waals surface area contributed by atoms with Crippen LogP contribution in [-0.2, 0) is 29.3 Å². The summed E-state index contributed by atoms with van der Waals surface area (Å²) in [6.07, 6.45) is -0.954. The number of carboxylic acid groups (broad SMARTS) is 1. The number of hydrogen-bond acceptors (Lipinski definition) is 9. The molecule has 0 aromatic heterocycles. The Bertz CT molecular complexity index is 1370. The predicted molar refractivity (Wildman–Crippen MR) is 142 cm³/mol. The molecule has 0 saturated carbocycles. The number of rotatable bonds is 7. The second-order valence-electron chi connectivity index (χ2n) is 10.8. The van der Waals surface area contributed by atoms with Gasteiger partial charge < -0.3 is 34.4 Å². The maximum atomic E-state index is 13.6. The zero-order chi connectivity index (χ0) is 28.8. The van der Waals surface area contributed by atoms with Gasteiger partial charge in [0.25, 0.3) is 0 Å². The first-order chi connectivity index (χ1) is 19.0. The van der Waals surface area contributed by atoms with Crippen LogP contribution in [-0.4, -0.2) is 69.5 Å². The van der Waals surface area contributed by atoms with E-state index in [0.717, 1.165) is 5.56 Å². The SMILES string of the molecule is Cc1ccc(O)c2c1[C@]13CCN(C)[C@H](C)[C@]1(O)CC=C(OC(=O)[C@@H](OC(=O)CCC(=O)O)c1ccccc1)[C@@H]3O2. The van der Waals surface area contributed by atoms with Crippen LogP contribution in [0.2, 0.25) is 0 Å². The van der Waals surface area contributed by atoms with E-state index in [1.807, 2.05) is 20.9 Å². The standard InChI is InChI=1S/C30H33NO9/c1-17-9-10-20(32)26-24(17)29-15-16-31(3)18(2)30(29,37)14-13-21(27(29)40-26)38-28(36)25(19-7-5-4-6-8-19)39-23(35)12-11-22(33)34/h4-10,13,18,25,27,32,37H,11-12,14-16H2,1-3H3,(H,33,34)/t18-,25+,27+,29+,30-/m1/s1. The van der Waals surface area contributed by atoms with E-state index in [0.29, 0.717) is 24.1 Å². The fourth-order valence-corrected chi connectivity index (χ4v) is 6.45. The molecule has 1 fully saturated rings. The van der Waals surface area contributed by atoms with Gasteiger partial charge in [0.1, 0.15) is 5.76 Å². The van der Waals surface area contributed by atoms with Gasteiger partial charge in [0.2, 0.25) is 6.10 Å². The molecule has 0 radical (unpaired) electrons. The fourth-order valence-electron chi connectivity index (χ4n) is 6.45. The topological polar surface area (TPSA) is 143 Å². The summed E-state index contributed by atoms with van der Waals surface area (Å²) in [5.74, 6) is -2.56. The number of aliphatic carboxylic acids is 1. The number of nitrogens with zero attached hydrogens (tertiary/aromatic N) is 1. The van der Waals surface area contributed by atoms with Crippen molar-refractivity contribution in [2.24, 2.45) is 0 Å². The van der Waals surface area contributed by atoms with E-state index < -0.39 is 54.0 Å². The Morgan fingerprint density at radius 2 is 1.88 bits per heavy atom. The van der Waals surface area contributed by atoms with Crippen LogP contribution in [0.5, 0.6) is 11.5 Å². The lowest BCUT2D eigenvalue weighted by molar-refractivity contribution is -0.173. The van der Waals surface area contributed by atoms with E-state index in [1.54, 1.807) is 42.5 Å². The van der Waals surface area contributed by atoms with E-state index in [9.17, 15) is 24.6 Å². The second-order valence-corrected chi connectivity index (χ2v) is 10.8. The predicted octanol–water partition coefficient (Wildman–Crippen LogP) is 3.13. The lowest BCUT2D eigenvalue weighted by atomic mass is 9.54. The number of phenolic OH excluding ortho intramolecular Hbond substituents is 1. The van der Waals surface area contributed by atoms with Crippen LogP contribution in [0.3, 0.4) is 0 Å². The number of aliphatic hydroxyl groups is 1. The first kappa shape index (κ1) is 27.7. The van der Waals surface area contributed by atoms with Gasteiger partial charge in [-0.1, -0.05) is 36.4 Å². The van der Waals surface area contributed by atoms with Crippen LogP contribution in [0.4, 0.5) is 0 Å². The Morgan fingerprint density at radius 1 is 1.15 bits per heavy atom. The molecule has 2 heterocycles. The molecule has 0 unspecified atom stereocenters. The van der Waals surface area contributed by atoms with E-state index in [2.05, 4.69) is 4.90 Å². The van der Waals surface area contributed by atoms with Gasteiger partial charge in [-0.25, -0.2) is 4.79 Å². The average molecular weight is 552 g/mol. The van der Waals surface area contributed by atoms with E-state index in [1.165, 1.54) is 6.07 Å². The number of ether oxygens (including phenoxy) is 3. The molecule has 3 N–H and O–H groups in total. The zero-order valence-corrected chi connectivity index (χ0v) is 22.6. The third-order valence-electron chi connectivity index (χ3n) is 8.66. The molecule has 2 aromatic carbocycles. The van der Waals surface area contributed by atoms with Gasteiger partial charge in [-0.15, -0.1) is 0 Å². The van der Waals surface area contributed by atoms with Crippen molar-refractivity contribution in [1.82, 2.24) is 4.90 Å². The highest BCUT2D eigenvalue weighted by Gasteiger charge is 2.69. The fraction of sp³-hybridized carbons (Fsp3) is 0.433. The van der Waals surface area contributed by atoms with E-state index >= 15 is 0 Å². The monoisotopic (exact) mass is 551 g/mol. The molecule has 0 amide bonds. The maximum Gasteiger partial charge on any atom is 0.357 e. The van der Waals surface area contributed by atoms with Crippen LogP contribution in [0.1, 0.15) is 55.4 Å². The molecule has 0 bridgehead atoms. The van der Waals surface area contributed by atoms with Gasteiger partial charge in [0, 0.05) is 23.6 Å². The molecule has 10 heteroatoms. The smallest absolute Gasteiger partial charge is 0.357 e. The summed E-state index contributed by atoms with van der Waals surface area (Å²) in [6, 6.07) is 11.4. The molecular weight excluding hydrogens is 518 g/mol. The molecule has 5 atom stereocenters. The minimum absolute atomic E-state index is 0.0708. The van der Waals surface area contributed by atoms with Crippen LogP contribution in [0.15, 0.2) is 54.3 Å². The normalized spacial score (nSPS) is 27.8. The largest absolute Gasteiger partial charge is 0.504 e. The van der Waals surface area contributed by atoms with Gasteiger partial charge in [-0.05, 0) is 51.6 Å². The lowest BCUT2D eigenvalue weighted by Gasteiger charge is -2.58. The summed E-state index contributed by atoms with van der Waals surface area (Å²) in [7, 11) is 1.94. The van der Waals surface area contributed by atoms with Crippen molar-refractivity contribution in [3.8, 4) is 11.5 Å². The van der Waals surface area contributed by atoms with Crippen molar-refractivity contribution in [3.63, 3.8) is 0 Å². The van der Waals surface area contributed by atoms with E-state index in [-0.39, 0.29) is 29.7 Å². The van der Waals surface area contributed by atoms with Gasteiger partial charge in [-0.3, -0.25) is 9.59 Å². The Balaban J connectivity index is 1.52. The van der Waals surface area contributed by atoms with Gasteiger partial charge in [0.15, 0.2) is 17.6 Å². The zero-order valence-electron chi connectivity index (χ0n) is 22.6. The lowest BCUT2D eigenvalue weighted by Crippen LogP contribution is -2.71. The number of fused-ring (bicyclic) bond motifs is 1. The number of hydrogen-bond donors (Lipinski definition) is 3. The van der Waals surface area contributed by atoms with Gasteiger partial charge >= 0.3 is 17.9 Å². The van der Waals surface area contributed by atoms with Crippen LogP contribution >= 0.6 is 0 Å². The minimum atomic E-state index is -1.45. The Morgan fingerprint density at radius 3 is 2.58 bits per heavy atom. The number of carboxylic acids is 1. The molecule has 212 valence electrons.